The summed E-state index contributed by atoms with van der Waals surface area (Å²) in [5.74, 6) is 0.00260. The number of aliphatic imine (C=N–C) groups is 1. The number of fused-ring (bicyclic) bond motifs is 4. The summed E-state index contributed by atoms with van der Waals surface area (Å²) < 4.78 is 44.3. The second kappa shape index (κ2) is 6.77. The first-order chi connectivity index (χ1) is 14.5. The van der Waals surface area contributed by atoms with Crippen LogP contribution in [-0.2, 0) is 10.3 Å². The number of hydrogen-bond donors (Lipinski definition) is 1. The zero-order valence-electron chi connectivity index (χ0n) is 16.0. The van der Waals surface area contributed by atoms with E-state index in [1.165, 1.54) is 13.2 Å². The summed E-state index contributed by atoms with van der Waals surface area (Å²) in [7, 11) is 1.52. The first kappa shape index (κ1) is 18.5. The fourth-order valence-electron chi connectivity index (χ4n) is 3.89. The maximum atomic E-state index is 13.8. The molecule has 0 amide bonds. The van der Waals surface area contributed by atoms with Crippen LogP contribution in [0.4, 0.5) is 8.78 Å². The minimum atomic E-state index is -0.976. The number of amidine groups is 1. The van der Waals surface area contributed by atoms with Crippen LogP contribution in [0.3, 0.4) is 0 Å². The molecule has 0 fully saturated rings. The topological polar surface area (TPSA) is 79.0 Å². The number of rotatable bonds is 2. The van der Waals surface area contributed by atoms with Gasteiger partial charge in [-0.15, -0.1) is 0 Å². The molecule has 8 heteroatoms. The van der Waals surface area contributed by atoms with Crippen LogP contribution in [0, 0.1) is 11.6 Å². The summed E-state index contributed by atoms with van der Waals surface area (Å²) in [5.41, 5.74) is 7.69. The fraction of sp³-hybridized carbons (Fsp3) is 0.182. The van der Waals surface area contributed by atoms with Crippen molar-refractivity contribution in [2.24, 2.45) is 10.7 Å². The van der Waals surface area contributed by atoms with Gasteiger partial charge in [0.15, 0.2) is 17.4 Å². The zero-order chi connectivity index (χ0) is 20.9. The quantitative estimate of drug-likeness (QED) is 0.697. The van der Waals surface area contributed by atoms with E-state index in [1.807, 2.05) is 6.07 Å². The fourth-order valence-corrected chi connectivity index (χ4v) is 3.89. The van der Waals surface area contributed by atoms with E-state index in [2.05, 4.69) is 4.98 Å². The standard InChI is InChI=1S/C22H17F2N3O3/c1-28-21-8-15-19(9-26-21)30-18-5-3-12(13-2-4-16(23)17(24)7-13)6-14(18)22(15)11-29-10-20(25)27-22/h2-9H,10-11H2,1H3,(H2,25,27)/t22-/m0/s1. The molecule has 0 saturated heterocycles. The monoisotopic (exact) mass is 409 g/mol. The second-order valence-corrected chi connectivity index (χ2v) is 7.12. The SMILES string of the molecule is COc1cc2c(cn1)Oc1ccc(-c3ccc(F)c(F)c3)cc1[C@@]21COCC(N)=N1. The molecule has 0 saturated carbocycles. The molecule has 1 atom stereocenters. The van der Waals surface area contributed by atoms with Gasteiger partial charge in [-0.25, -0.2) is 13.8 Å². The molecule has 2 aliphatic heterocycles. The lowest BCUT2D eigenvalue weighted by atomic mass is 9.80. The minimum absolute atomic E-state index is 0.221. The number of aromatic nitrogens is 1. The van der Waals surface area contributed by atoms with Crippen molar-refractivity contribution in [1.29, 1.82) is 0 Å². The van der Waals surface area contributed by atoms with Gasteiger partial charge in [-0.2, -0.15) is 0 Å². The number of benzene rings is 2. The number of nitrogens with zero attached hydrogens (tertiary/aromatic N) is 2. The Morgan fingerprint density at radius 2 is 1.77 bits per heavy atom. The predicted octanol–water partition coefficient (Wildman–Crippen LogP) is 3.77. The number of halogens is 2. The third-order valence-electron chi connectivity index (χ3n) is 5.29. The lowest BCUT2D eigenvalue weighted by Crippen LogP contribution is -2.42. The normalized spacial score (nSPS) is 19.5. The van der Waals surface area contributed by atoms with Crippen molar-refractivity contribution in [3.8, 4) is 28.5 Å². The van der Waals surface area contributed by atoms with Gasteiger partial charge in [0.1, 0.15) is 23.7 Å². The second-order valence-electron chi connectivity index (χ2n) is 7.12. The van der Waals surface area contributed by atoms with E-state index in [9.17, 15) is 8.78 Å². The summed E-state index contributed by atoms with van der Waals surface area (Å²) in [4.78, 5) is 8.99. The van der Waals surface area contributed by atoms with Crippen LogP contribution < -0.4 is 15.2 Å². The van der Waals surface area contributed by atoms with Crippen molar-refractivity contribution in [2.75, 3.05) is 20.3 Å². The van der Waals surface area contributed by atoms with Crippen LogP contribution in [0.25, 0.3) is 11.1 Å². The lowest BCUT2D eigenvalue weighted by molar-refractivity contribution is 0.109. The summed E-state index contributed by atoms with van der Waals surface area (Å²) in [6.45, 7) is 0.448. The van der Waals surface area contributed by atoms with E-state index in [0.717, 1.165) is 12.1 Å². The van der Waals surface area contributed by atoms with Gasteiger partial charge in [0, 0.05) is 17.2 Å². The summed E-state index contributed by atoms with van der Waals surface area (Å²) in [6, 6.07) is 10.9. The molecule has 0 radical (unpaired) electrons. The van der Waals surface area contributed by atoms with E-state index in [4.69, 9.17) is 24.9 Å². The highest BCUT2D eigenvalue weighted by Gasteiger charge is 2.45. The average Bonchev–Trinajstić information content (AvgIpc) is 2.76. The van der Waals surface area contributed by atoms with Gasteiger partial charge in [-0.05, 0) is 35.4 Å². The van der Waals surface area contributed by atoms with Gasteiger partial charge in [0.05, 0.1) is 19.9 Å². The molecule has 2 aliphatic rings. The molecule has 1 aromatic heterocycles. The number of methoxy groups -OCH3 is 1. The third kappa shape index (κ3) is 2.80. The van der Waals surface area contributed by atoms with Crippen molar-refractivity contribution >= 4 is 5.84 Å². The first-order valence-electron chi connectivity index (χ1n) is 9.24. The summed E-state index contributed by atoms with van der Waals surface area (Å²) >= 11 is 0. The maximum Gasteiger partial charge on any atom is 0.213 e. The minimum Gasteiger partial charge on any atom is -0.481 e. The van der Waals surface area contributed by atoms with E-state index in [1.54, 1.807) is 24.4 Å². The molecule has 0 unspecified atom stereocenters. The van der Waals surface area contributed by atoms with Gasteiger partial charge in [0.25, 0.3) is 0 Å². The highest BCUT2D eigenvalue weighted by Crippen LogP contribution is 2.51. The van der Waals surface area contributed by atoms with E-state index in [0.29, 0.717) is 45.5 Å². The molecule has 152 valence electrons. The molecule has 0 aliphatic carbocycles. The van der Waals surface area contributed by atoms with Crippen molar-refractivity contribution in [1.82, 2.24) is 4.98 Å². The van der Waals surface area contributed by atoms with E-state index < -0.39 is 17.2 Å². The molecule has 2 aromatic carbocycles. The van der Waals surface area contributed by atoms with Crippen LogP contribution in [0.5, 0.6) is 17.4 Å². The Balaban J connectivity index is 1.74. The third-order valence-corrected chi connectivity index (χ3v) is 5.29. The Hall–Kier alpha value is -3.52. The largest absolute Gasteiger partial charge is 0.481 e. The maximum absolute atomic E-state index is 13.8. The smallest absolute Gasteiger partial charge is 0.213 e. The molecule has 6 nitrogen and oxygen atoms in total. The Morgan fingerprint density at radius 1 is 1.00 bits per heavy atom. The van der Waals surface area contributed by atoms with Crippen LogP contribution in [-0.4, -0.2) is 31.1 Å². The average molecular weight is 409 g/mol. The van der Waals surface area contributed by atoms with Crippen molar-refractivity contribution in [3.63, 3.8) is 0 Å². The Bertz CT molecular complexity index is 1200. The molecular formula is C22H17F2N3O3. The van der Waals surface area contributed by atoms with Crippen LogP contribution in [0.2, 0.25) is 0 Å². The van der Waals surface area contributed by atoms with Gasteiger partial charge in [0.2, 0.25) is 5.88 Å². The molecule has 2 N–H and O–H groups in total. The Labute approximate surface area is 170 Å². The number of nitrogens with two attached hydrogens (primary N) is 1. The van der Waals surface area contributed by atoms with Crippen LogP contribution >= 0.6 is 0 Å². The predicted molar refractivity (Wildman–Crippen MR) is 106 cm³/mol. The van der Waals surface area contributed by atoms with E-state index >= 15 is 0 Å². The molecule has 0 bridgehead atoms. The molecule has 3 aromatic rings. The summed E-state index contributed by atoms with van der Waals surface area (Å²) in [5, 5.41) is 0. The highest BCUT2D eigenvalue weighted by atomic mass is 19.2. The molecule has 5 rings (SSSR count). The number of hydrogen-bond acceptors (Lipinski definition) is 6. The molecule has 30 heavy (non-hydrogen) atoms. The molecule has 3 heterocycles. The van der Waals surface area contributed by atoms with Crippen LogP contribution in [0.1, 0.15) is 11.1 Å². The Kier molecular flexibility index (Phi) is 4.18. The van der Waals surface area contributed by atoms with Gasteiger partial charge in [-0.1, -0.05) is 12.1 Å². The van der Waals surface area contributed by atoms with Gasteiger partial charge < -0.3 is 19.9 Å². The lowest BCUT2D eigenvalue weighted by Gasteiger charge is -2.39. The first-order valence-corrected chi connectivity index (χ1v) is 9.24. The van der Waals surface area contributed by atoms with Crippen molar-refractivity contribution < 1.29 is 23.0 Å². The van der Waals surface area contributed by atoms with Crippen LogP contribution in [0.15, 0.2) is 53.7 Å². The van der Waals surface area contributed by atoms with E-state index in [-0.39, 0.29) is 13.2 Å². The molecule has 1 spiro atoms. The molecular weight excluding hydrogens is 392 g/mol. The zero-order valence-corrected chi connectivity index (χ0v) is 16.0. The Morgan fingerprint density at radius 3 is 2.53 bits per heavy atom. The van der Waals surface area contributed by atoms with Gasteiger partial charge in [-0.3, -0.25) is 4.99 Å². The van der Waals surface area contributed by atoms with Gasteiger partial charge >= 0.3 is 0 Å². The number of pyridine rings is 1. The summed E-state index contributed by atoms with van der Waals surface area (Å²) in [6.07, 6.45) is 1.57. The highest BCUT2D eigenvalue weighted by molar-refractivity contribution is 5.84. The number of ether oxygens (including phenoxy) is 3. The van der Waals surface area contributed by atoms with Crippen molar-refractivity contribution in [2.45, 2.75) is 5.54 Å². The van der Waals surface area contributed by atoms with Crippen molar-refractivity contribution in [3.05, 3.63) is 71.4 Å².